The molecule has 15 heteroatoms. The summed E-state index contributed by atoms with van der Waals surface area (Å²) >= 11 is 0. The number of rotatable bonds is 8. The predicted octanol–water partition coefficient (Wildman–Crippen LogP) is 5.77. The summed E-state index contributed by atoms with van der Waals surface area (Å²) in [6, 6.07) is 24.5. The minimum absolute atomic E-state index is 0.000147. The van der Waals surface area contributed by atoms with E-state index in [2.05, 4.69) is 5.43 Å². The maximum absolute atomic E-state index is 15.2. The molecule has 2 heterocycles. The second-order valence-corrected chi connectivity index (χ2v) is 14.9. The number of aromatic hydroxyl groups is 1. The number of phenolic OH excluding ortho intramolecular Hbond substituents is 1. The highest BCUT2D eigenvalue weighted by Gasteiger charge is 2.70. The summed E-state index contributed by atoms with van der Waals surface area (Å²) in [7, 11) is 2.83. The van der Waals surface area contributed by atoms with Gasteiger partial charge in [0.25, 0.3) is 11.8 Å². The molecule has 3 fully saturated rings. The molecule has 4 aromatic rings. The number of hydrogen-bond donors (Lipinski definition) is 2. The lowest BCUT2D eigenvalue weighted by molar-refractivity contribution is -0.392. The van der Waals surface area contributed by atoms with Gasteiger partial charge in [0.1, 0.15) is 5.75 Å². The summed E-state index contributed by atoms with van der Waals surface area (Å²) in [5.41, 5.74) is 2.96. The number of aryl methyl sites for hydroxylation is 1. The van der Waals surface area contributed by atoms with Crippen molar-refractivity contribution in [1.29, 1.82) is 0 Å². The smallest absolute Gasteiger partial charge is 0.301 e. The van der Waals surface area contributed by atoms with E-state index in [4.69, 9.17) is 0 Å². The van der Waals surface area contributed by atoms with Crippen molar-refractivity contribution in [3.05, 3.63) is 140 Å². The van der Waals surface area contributed by atoms with Crippen molar-refractivity contribution in [2.75, 3.05) is 29.3 Å². The summed E-state index contributed by atoms with van der Waals surface area (Å²) in [5.74, 6) is -7.05. The van der Waals surface area contributed by atoms with Gasteiger partial charge in [0, 0.05) is 32.1 Å². The van der Waals surface area contributed by atoms with Gasteiger partial charge in [-0.25, -0.2) is 4.90 Å². The van der Waals surface area contributed by atoms with E-state index in [9.17, 15) is 39.7 Å². The number of hydrazine groups is 1. The Hall–Kier alpha value is -6.90. The molecule has 2 aliphatic carbocycles. The molecule has 2 N–H and O–H groups in total. The number of nitrogens with zero attached hydrogens (tertiary/aromatic N) is 5. The van der Waals surface area contributed by atoms with Gasteiger partial charge in [0.15, 0.2) is 5.69 Å². The molecular formula is C41H36N6O9. The number of benzene rings is 4. The first kappa shape index (κ1) is 36.1. The highest BCUT2D eigenvalue weighted by Crippen LogP contribution is 2.64. The Balaban J connectivity index is 1.29. The number of anilines is 3. The second kappa shape index (κ2) is 13.1. The lowest BCUT2D eigenvalue weighted by Crippen LogP contribution is -2.53. The molecule has 0 spiro atoms. The third-order valence-electron chi connectivity index (χ3n) is 11.8. The maximum atomic E-state index is 15.2. The first-order valence-corrected chi connectivity index (χ1v) is 18.0. The van der Waals surface area contributed by atoms with Crippen molar-refractivity contribution < 1.29 is 34.1 Å². The number of nitrogens with one attached hydrogen (secondary N) is 1. The average molecular weight is 757 g/mol. The fourth-order valence-corrected chi connectivity index (χ4v) is 9.50. The van der Waals surface area contributed by atoms with Gasteiger partial charge in [-0.2, -0.15) is 5.01 Å². The normalized spacial score (nSPS) is 25.3. The topological polar surface area (TPSA) is 197 Å². The van der Waals surface area contributed by atoms with E-state index in [1.165, 1.54) is 31.1 Å². The molecule has 15 nitrogen and oxygen atoms in total. The van der Waals surface area contributed by atoms with E-state index in [0.29, 0.717) is 22.4 Å². The average Bonchev–Trinajstić information content (AvgIpc) is 3.56. The van der Waals surface area contributed by atoms with Crippen LogP contribution in [0.1, 0.15) is 35.4 Å². The van der Waals surface area contributed by atoms with Gasteiger partial charge in [-0.05, 0) is 61.1 Å². The van der Waals surface area contributed by atoms with Gasteiger partial charge in [-0.3, -0.25) is 44.8 Å². The number of phenols is 1. The molecule has 0 radical (unpaired) electrons. The zero-order valence-electron chi connectivity index (χ0n) is 30.5. The van der Waals surface area contributed by atoms with Crippen LogP contribution in [0.15, 0.2) is 103 Å². The quantitative estimate of drug-likeness (QED) is 0.0958. The van der Waals surface area contributed by atoms with Crippen LogP contribution in [0, 0.1) is 50.8 Å². The van der Waals surface area contributed by atoms with Crippen molar-refractivity contribution >= 4 is 52.1 Å². The van der Waals surface area contributed by atoms with E-state index in [-0.39, 0.29) is 30.0 Å². The summed E-state index contributed by atoms with van der Waals surface area (Å²) in [4.78, 5) is 83.8. The van der Waals surface area contributed by atoms with Gasteiger partial charge >= 0.3 is 11.4 Å². The van der Waals surface area contributed by atoms with Crippen LogP contribution in [0.4, 0.5) is 28.4 Å². The zero-order valence-corrected chi connectivity index (χ0v) is 30.5. The lowest BCUT2D eigenvalue weighted by atomic mass is 9.49. The Labute approximate surface area is 320 Å². The molecule has 8 rings (SSSR count). The summed E-state index contributed by atoms with van der Waals surface area (Å²) in [6.45, 7) is 1.91. The number of fused-ring (bicyclic) bond motifs is 4. The molecule has 4 aromatic carbocycles. The number of nitro groups is 2. The Morgan fingerprint density at radius 1 is 0.821 bits per heavy atom. The fourth-order valence-electron chi connectivity index (χ4n) is 9.50. The highest BCUT2D eigenvalue weighted by molar-refractivity contribution is 6.23. The van der Waals surface area contributed by atoms with Gasteiger partial charge in [0.2, 0.25) is 11.8 Å². The summed E-state index contributed by atoms with van der Waals surface area (Å²) < 4.78 is 0. The van der Waals surface area contributed by atoms with Crippen molar-refractivity contribution in [3.8, 4) is 5.75 Å². The van der Waals surface area contributed by atoms with Crippen LogP contribution >= 0.6 is 0 Å². The molecule has 56 heavy (non-hydrogen) atoms. The fraction of sp³-hybridized carbons (Fsp3) is 0.268. The van der Waals surface area contributed by atoms with Crippen LogP contribution in [0.25, 0.3) is 0 Å². The minimum atomic E-state index is -1.52. The Bertz CT molecular complexity index is 2350. The van der Waals surface area contributed by atoms with Gasteiger partial charge in [-0.1, -0.05) is 71.8 Å². The van der Waals surface area contributed by atoms with Crippen molar-refractivity contribution in [1.82, 2.24) is 5.01 Å². The number of amides is 4. The lowest BCUT2D eigenvalue weighted by Gasteiger charge is -2.50. The molecule has 4 amide bonds. The standard InChI is InChI=1S/C41H36N6O9/c1-22-9-13-25(14-10-22)42-45-38(50)31-21-30-28(35(23-11-15-27(48)16-12-23)41(31,40(45)52)24-7-5-4-6-8-24)17-18-29-34(30)39(51)44(37(29)49)26-19-32(46(53)54)36(43(2)3)33(20-26)47(55)56/h4-17,19-20,29-31,34-35,42,48H,18,21H2,1-3H3/t29-,30+,31-,34-,35-,41+/m0/s1. The third-order valence-corrected chi connectivity index (χ3v) is 11.8. The van der Waals surface area contributed by atoms with E-state index < -0.39 is 79.9 Å². The van der Waals surface area contributed by atoms with Crippen LogP contribution in [-0.2, 0) is 24.6 Å². The highest BCUT2D eigenvalue weighted by atomic mass is 16.6. The monoisotopic (exact) mass is 756 g/mol. The third kappa shape index (κ3) is 5.25. The van der Waals surface area contributed by atoms with Gasteiger partial charge < -0.3 is 10.0 Å². The molecule has 2 aliphatic heterocycles. The molecule has 4 aliphatic rings. The number of hydrogen-bond acceptors (Lipinski definition) is 11. The molecule has 2 saturated heterocycles. The first-order valence-electron chi connectivity index (χ1n) is 18.0. The molecule has 1 saturated carbocycles. The van der Waals surface area contributed by atoms with Crippen molar-refractivity contribution in [2.45, 2.75) is 31.1 Å². The van der Waals surface area contributed by atoms with Gasteiger partial charge in [-0.15, -0.1) is 0 Å². The number of allylic oxidation sites excluding steroid dienone is 2. The number of imide groups is 2. The van der Waals surface area contributed by atoms with Crippen molar-refractivity contribution in [3.63, 3.8) is 0 Å². The van der Waals surface area contributed by atoms with E-state index in [1.807, 2.05) is 31.2 Å². The van der Waals surface area contributed by atoms with E-state index >= 15 is 4.79 Å². The SMILES string of the molecule is Cc1ccc(NN2C(=O)[C@@H]3C[C@@H]4C(=CC[C@@H]5C(=O)N(c6cc([N+](=O)[O-])c(N(C)C)c([N+](=O)[O-])c6)C(=O)[C@@H]54)[C@H](c4ccc(O)cc4)[C@]3(c3ccccc3)C2=O)cc1. The number of carbonyl (C=O) groups excluding carboxylic acids is 4. The van der Waals surface area contributed by atoms with Crippen LogP contribution < -0.4 is 15.2 Å². The minimum Gasteiger partial charge on any atom is -0.508 e. The molecule has 0 bridgehead atoms. The van der Waals surface area contributed by atoms with Crippen LogP contribution in [0.2, 0.25) is 0 Å². The van der Waals surface area contributed by atoms with Crippen LogP contribution in [0.3, 0.4) is 0 Å². The molecule has 6 atom stereocenters. The van der Waals surface area contributed by atoms with Crippen LogP contribution in [0.5, 0.6) is 5.75 Å². The second-order valence-electron chi connectivity index (χ2n) is 14.9. The predicted molar refractivity (Wildman–Crippen MR) is 203 cm³/mol. The molecular weight excluding hydrogens is 720 g/mol. The molecule has 0 unspecified atom stereocenters. The molecule has 284 valence electrons. The maximum Gasteiger partial charge on any atom is 0.301 e. The summed E-state index contributed by atoms with van der Waals surface area (Å²) in [5, 5.41) is 35.8. The molecule has 0 aromatic heterocycles. The number of carbonyl (C=O) groups is 4. The van der Waals surface area contributed by atoms with Crippen molar-refractivity contribution in [2.24, 2.45) is 23.7 Å². The Kier molecular flexibility index (Phi) is 8.47. The Morgan fingerprint density at radius 3 is 2.04 bits per heavy atom. The van der Waals surface area contributed by atoms with Crippen LogP contribution in [-0.4, -0.2) is 57.7 Å². The van der Waals surface area contributed by atoms with Gasteiger partial charge in [0.05, 0.1) is 44.4 Å². The first-order chi connectivity index (χ1) is 26.7. The zero-order chi connectivity index (χ0) is 39.8. The van der Waals surface area contributed by atoms with E-state index in [0.717, 1.165) is 27.6 Å². The number of nitro benzene ring substituents is 2. The van der Waals surface area contributed by atoms with E-state index in [1.54, 1.807) is 48.5 Å². The largest absolute Gasteiger partial charge is 0.508 e. The Morgan fingerprint density at radius 2 is 1.45 bits per heavy atom. The summed E-state index contributed by atoms with van der Waals surface area (Å²) in [6.07, 6.45) is 1.92.